The van der Waals surface area contributed by atoms with Gasteiger partial charge in [0, 0.05) is 28.1 Å². The van der Waals surface area contributed by atoms with Gasteiger partial charge >= 0.3 is 0 Å². The molecule has 0 amide bonds. The molecule has 0 aliphatic rings. The van der Waals surface area contributed by atoms with Crippen LogP contribution in [0.3, 0.4) is 0 Å². The molecule has 6 rings (SSSR count). The molecule has 0 saturated carbocycles. The lowest BCUT2D eigenvalue weighted by molar-refractivity contribution is 0.744. The molecule has 35 heavy (non-hydrogen) atoms. The molecule has 0 radical (unpaired) electrons. The molecule has 174 valence electrons. The maximum atomic E-state index is 6.33. The number of nitrogens with zero attached hydrogens (tertiary/aromatic N) is 2. The van der Waals surface area contributed by atoms with Crippen molar-refractivity contribution >= 4 is 60.9 Å². The number of fused-ring (bicyclic) bond motifs is 4. The summed E-state index contributed by atoms with van der Waals surface area (Å²) in [4.78, 5) is 9.30. The van der Waals surface area contributed by atoms with E-state index in [0.29, 0.717) is 0 Å². The van der Waals surface area contributed by atoms with Crippen LogP contribution in [0, 0.1) is 0 Å². The van der Waals surface area contributed by atoms with Crippen LogP contribution < -0.4 is 5.32 Å². The molecule has 0 unspecified atom stereocenters. The van der Waals surface area contributed by atoms with Gasteiger partial charge in [-0.2, -0.15) is 0 Å². The summed E-state index contributed by atoms with van der Waals surface area (Å²) < 4.78 is 0. The van der Waals surface area contributed by atoms with Crippen LogP contribution >= 0.6 is 11.6 Å². The monoisotopic (exact) mass is 477 g/mol. The molecular formula is C31H28ClN3. The van der Waals surface area contributed by atoms with Gasteiger partial charge in [0.25, 0.3) is 0 Å². The van der Waals surface area contributed by atoms with Gasteiger partial charge in [0.15, 0.2) is 0 Å². The van der Waals surface area contributed by atoms with E-state index in [1.165, 1.54) is 35.7 Å². The van der Waals surface area contributed by atoms with E-state index in [0.717, 1.165) is 44.4 Å². The van der Waals surface area contributed by atoms with Crippen molar-refractivity contribution in [3.05, 3.63) is 102 Å². The summed E-state index contributed by atoms with van der Waals surface area (Å²) in [7, 11) is 0. The van der Waals surface area contributed by atoms with Crippen molar-refractivity contribution in [3.8, 4) is 0 Å². The Morgan fingerprint density at radius 3 is 1.43 bits per heavy atom. The van der Waals surface area contributed by atoms with E-state index in [1.54, 1.807) is 0 Å². The third kappa shape index (κ3) is 4.91. The molecule has 0 bridgehead atoms. The fourth-order valence-corrected chi connectivity index (χ4v) is 4.73. The highest BCUT2D eigenvalue weighted by Gasteiger charge is 2.08. The molecule has 0 aliphatic carbocycles. The summed E-state index contributed by atoms with van der Waals surface area (Å²) in [5, 5.41) is 8.86. The number of pyridine rings is 2. The smallest absolute Gasteiger partial charge is 0.0730 e. The number of halogens is 1. The largest absolute Gasteiger partial charge is 0.384 e. The van der Waals surface area contributed by atoms with E-state index >= 15 is 0 Å². The van der Waals surface area contributed by atoms with Crippen LogP contribution in [-0.4, -0.2) is 16.5 Å². The zero-order chi connectivity index (χ0) is 24.0. The first-order valence-electron chi connectivity index (χ1n) is 12.2. The van der Waals surface area contributed by atoms with Crippen LogP contribution in [0.1, 0.15) is 26.2 Å². The lowest BCUT2D eigenvalue weighted by atomic mass is 10.1. The van der Waals surface area contributed by atoms with Crippen molar-refractivity contribution in [2.75, 3.05) is 11.9 Å². The van der Waals surface area contributed by atoms with Crippen molar-refractivity contribution in [1.29, 1.82) is 0 Å². The summed E-state index contributed by atoms with van der Waals surface area (Å²) in [6.07, 6.45) is 3.73. The van der Waals surface area contributed by atoms with Crippen LogP contribution in [0.15, 0.2) is 97.1 Å². The predicted octanol–water partition coefficient (Wildman–Crippen LogP) is 9.03. The number of unbranched alkanes of at least 4 members (excludes halogenated alkanes) is 2. The van der Waals surface area contributed by atoms with Crippen molar-refractivity contribution < 1.29 is 0 Å². The van der Waals surface area contributed by atoms with Gasteiger partial charge in [-0.25, -0.2) is 9.97 Å². The first-order chi connectivity index (χ1) is 17.3. The Hall–Kier alpha value is -3.69. The highest BCUT2D eigenvalue weighted by Crippen LogP contribution is 2.31. The van der Waals surface area contributed by atoms with Crippen LogP contribution in [-0.2, 0) is 0 Å². The Bertz CT molecular complexity index is 1500. The molecule has 0 aliphatic heterocycles. The second-order valence-corrected chi connectivity index (χ2v) is 8.99. The van der Waals surface area contributed by atoms with E-state index in [2.05, 4.69) is 53.6 Å². The van der Waals surface area contributed by atoms with E-state index in [9.17, 15) is 0 Å². The highest BCUT2D eigenvalue weighted by atomic mass is 35.5. The third-order valence-electron chi connectivity index (χ3n) is 6.19. The van der Waals surface area contributed by atoms with Crippen molar-refractivity contribution in [2.45, 2.75) is 26.2 Å². The summed E-state index contributed by atoms with van der Waals surface area (Å²) >= 11 is 6.33. The van der Waals surface area contributed by atoms with Gasteiger partial charge in [0.1, 0.15) is 0 Å². The molecule has 0 saturated heterocycles. The Kier molecular flexibility index (Phi) is 7.06. The maximum absolute atomic E-state index is 6.33. The predicted molar refractivity (Wildman–Crippen MR) is 152 cm³/mol. The van der Waals surface area contributed by atoms with Gasteiger partial charge in [0.05, 0.1) is 32.8 Å². The second-order valence-electron chi connectivity index (χ2n) is 8.62. The van der Waals surface area contributed by atoms with Crippen molar-refractivity contribution in [1.82, 2.24) is 9.97 Å². The number of para-hydroxylation sites is 4. The first kappa shape index (κ1) is 23.1. The normalized spacial score (nSPS) is 11.0. The van der Waals surface area contributed by atoms with Gasteiger partial charge in [-0.05, 0) is 30.7 Å². The number of anilines is 1. The lowest BCUT2D eigenvalue weighted by Crippen LogP contribution is -2.03. The molecule has 0 atom stereocenters. The quantitative estimate of drug-likeness (QED) is 0.199. The number of nitrogens with one attached hydrogen (secondary N) is 1. The number of rotatable bonds is 5. The highest BCUT2D eigenvalue weighted by molar-refractivity contribution is 6.40. The second kappa shape index (κ2) is 10.7. The molecule has 4 aromatic carbocycles. The minimum atomic E-state index is 0.788. The van der Waals surface area contributed by atoms with E-state index in [-0.39, 0.29) is 0 Å². The minimum Gasteiger partial charge on any atom is -0.384 e. The Labute approximate surface area is 210 Å². The molecule has 6 aromatic rings. The average Bonchev–Trinajstić information content (AvgIpc) is 2.91. The lowest BCUT2D eigenvalue weighted by Gasteiger charge is -2.13. The standard InChI is InChI=1S/C18H20N2.C13H8ClN/c1-2-3-8-13-19-18-14-9-4-6-11-16(14)20-17-12-7-5-10-15(17)18;14-13-9-5-1-3-7-11(9)15-12-8-4-2-6-10(12)13/h4-7,9-12H,2-3,8,13H2,1H3,(H,19,20);1-8H. The van der Waals surface area contributed by atoms with Gasteiger partial charge in [-0.15, -0.1) is 0 Å². The van der Waals surface area contributed by atoms with Crippen molar-refractivity contribution in [3.63, 3.8) is 0 Å². The van der Waals surface area contributed by atoms with Crippen molar-refractivity contribution in [2.24, 2.45) is 0 Å². The van der Waals surface area contributed by atoms with Gasteiger partial charge < -0.3 is 5.32 Å². The van der Waals surface area contributed by atoms with Gasteiger partial charge in [-0.3, -0.25) is 0 Å². The fraction of sp³-hybridized carbons (Fsp3) is 0.161. The molecule has 0 spiro atoms. The Morgan fingerprint density at radius 1 is 0.571 bits per heavy atom. The topological polar surface area (TPSA) is 37.8 Å². The average molecular weight is 478 g/mol. The minimum absolute atomic E-state index is 0.788. The SMILES string of the molecule is CCCCCNc1c2ccccc2nc2ccccc12.Clc1c2ccccc2nc2ccccc12. The molecule has 1 N–H and O–H groups in total. The molecule has 3 nitrogen and oxygen atoms in total. The number of aromatic nitrogens is 2. The van der Waals surface area contributed by atoms with Crippen LogP contribution in [0.4, 0.5) is 5.69 Å². The number of hydrogen-bond donors (Lipinski definition) is 1. The van der Waals surface area contributed by atoms with Gasteiger partial charge in [-0.1, -0.05) is 104 Å². The fourth-order valence-electron chi connectivity index (χ4n) is 4.41. The summed E-state index contributed by atoms with van der Waals surface area (Å²) in [5.41, 5.74) is 5.23. The van der Waals surface area contributed by atoms with E-state index < -0.39 is 0 Å². The third-order valence-corrected chi connectivity index (χ3v) is 6.60. The zero-order valence-electron chi connectivity index (χ0n) is 19.8. The molecular weight excluding hydrogens is 450 g/mol. The van der Waals surface area contributed by atoms with E-state index in [1.807, 2.05) is 60.7 Å². The van der Waals surface area contributed by atoms with Crippen LogP contribution in [0.25, 0.3) is 43.6 Å². The summed E-state index contributed by atoms with van der Waals surface area (Å²) in [6, 6.07) is 32.6. The summed E-state index contributed by atoms with van der Waals surface area (Å²) in [5.74, 6) is 0. The molecule has 2 heterocycles. The zero-order valence-corrected chi connectivity index (χ0v) is 20.6. The molecule has 2 aromatic heterocycles. The Morgan fingerprint density at radius 2 is 0.971 bits per heavy atom. The van der Waals surface area contributed by atoms with Crippen LogP contribution in [0.2, 0.25) is 5.02 Å². The number of hydrogen-bond acceptors (Lipinski definition) is 3. The van der Waals surface area contributed by atoms with E-state index in [4.69, 9.17) is 16.6 Å². The molecule has 0 fully saturated rings. The summed E-state index contributed by atoms with van der Waals surface area (Å²) in [6.45, 7) is 3.25. The molecule has 4 heteroatoms. The first-order valence-corrected chi connectivity index (χ1v) is 12.6. The Balaban J connectivity index is 0.000000151. The maximum Gasteiger partial charge on any atom is 0.0730 e. The van der Waals surface area contributed by atoms with Gasteiger partial charge in [0.2, 0.25) is 0 Å². The number of benzene rings is 4. The van der Waals surface area contributed by atoms with Crippen LogP contribution in [0.5, 0.6) is 0 Å².